The van der Waals surface area contributed by atoms with Gasteiger partial charge in [0.2, 0.25) is 9.84 Å². The number of nitro benzene ring substituents is 2. The molecule has 0 atom stereocenters. The number of hydrogen-bond donors (Lipinski definition) is 0. The molecule has 0 amide bonds. The van der Waals surface area contributed by atoms with Crippen molar-refractivity contribution in [3.8, 4) is 0 Å². The quantitative estimate of drug-likeness (QED) is 0.136. The van der Waals surface area contributed by atoms with E-state index in [0.717, 1.165) is 0 Å². The fraction of sp³-hybridized carbons (Fsp3) is 0.125. The highest BCUT2D eigenvalue weighted by molar-refractivity contribution is 8.65. The van der Waals surface area contributed by atoms with Gasteiger partial charge in [-0.25, -0.2) is 0 Å². The molecule has 0 saturated heterocycles. The fourth-order valence-electron chi connectivity index (χ4n) is 2.10. The third-order valence-corrected chi connectivity index (χ3v) is 7.64. The Kier molecular flexibility index (Phi) is 7.22. The number of nitrogens with zero attached hydrogens (tertiary/aromatic N) is 2. The van der Waals surface area contributed by atoms with Crippen LogP contribution in [0.1, 0.15) is 6.92 Å². The normalized spacial score (nSPS) is 16.4. The molecule has 0 bridgehead atoms. The van der Waals surface area contributed by atoms with E-state index in [4.69, 9.17) is 11.6 Å². The highest BCUT2D eigenvalue weighted by Crippen LogP contribution is 3.04. The molecule has 0 aliphatic carbocycles. The maximum Gasteiger partial charge on any atom is 0.269 e. The first-order chi connectivity index (χ1) is 15.3. The van der Waals surface area contributed by atoms with Gasteiger partial charge in [0.15, 0.2) is 5.22 Å². The van der Waals surface area contributed by atoms with Crippen molar-refractivity contribution in [1.29, 1.82) is 0 Å². The van der Waals surface area contributed by atoms with Crippen LogP contribution in [0.15, 0.2) is 68.9 Å². The van der Waals surface area contributed by atoms with Gasteiger partial charge in [-0.3, -0.25) is 20.2 Å². The minimum atomic E-state index is -8.80. The van der Waals surface area contributed by atoms with Gasteiger partial charge < -0.3 is 4.74 Å². The zero-order valence-electron chi connectivity index (χ0n) is 16.9. The highest BCUT2D eigenvalue weighted by atomic mass is 35.7. The largest absolute Gasteiger partial charge is 0.483 e. The summed E-state index contributed by atoms with van der Waals surface area (Å²) in [6.07, 6.45) is 0. The van der Waals surface area contributed by atoms with Crippen LogP contribution in [0.4, 0.5) is 42.5 Å². The summed E-state index contributed by atoms with van der Waals surface area (Å²) in [5.74, 6) is 0. The molecule has 0 aromatic heterocycles. The molecule has 0 spiro atoms. The van der Waals surface area contributed by atoms with Crippen LogP contribution in [0.25, 0.3) is 0 Å². The van der Waals surface area contributed by atoms with E-state index in [1.807, 2.05) is 0 Å². The predicted octanol–water partition coefficient (Wildman–Crippen LogP) is 9.96. The molecular weight excluding hydrogens is 587 g/mol. The lowest BCUT2D eigenvalue weighted by molar-refractivity contribution is -0.385. The molecule has 2 rings (SSSR count). The van der Waals surface area contributed by atoms with Crippen molar-refractivity contribution < 1.29 is 45.7 Å². The van der Waals surface area contributed by atoms with E-state index in [1.54, 1.807) is 0 Å². The summed E-state index contributed by atoms with van der Waals surface area (Å²) in [5, 5.41) is 18.6. The number of benzene rings is 2. The lowest BCUT2D eigenvalue weighted by Gasteiger charge is -2.46. The monoisotopic (exact) mass is 600 g/mol. The van der Waals surface area contributed by atoms with Crippen LogP contribution in [-0.4, -0.2) is 16.5 Å². The zero-order chi connectivity index (χ0) is 27.6. The van der Waals surface area contributed by atoms with E-state index >= 15 is 0 Å². The second-order valence-corrected chi connectivity index (χ2v) is 14.1. The standard InChI is InChI=1S/C10H10ClF4NO3S.C6H4ClF4NO2S/c1-2-19-10(11)7-20(12,13,14,15)9-5-3-8(4-6-9)16(17)18;7-15(8,9,10,11)6-3-1-5(2-4-6)12(13)14/h3-7H,2H2,1H3;1-4H/b10-7-;. The van der Waals surface area contributed by atoms with Gasteiger partial charge in [0.05, 0.1) is 31.7 Å². The van der Waals surface area contributed by atoms with E-state index in [1.165, 1.54) is 6.92 Å². The molecule has 0 aliphatic rings. The summed E-state index contributed by atoms with van der Waals surface area (Å²) in [6, 6.07) is 3.29. The Morgan fingerprint density at radius 2 is 1.17 bits per heavy atom. The summed E-state index contributed by atoms with van der Waals surface area (Å²) < 4.78 is 110. The Bertz CT molecular complexity index is 1170. The Morgan fingerprint density at radius 3 is 1.46 bits per heavy atom. The summed E-state index contributed by atoms with van der Waals surface area (Å²) in [5.41, 5.74) is -1.15. The number of rotatable bonds is 7. The fourth-order valence-corrected chi connectivity index (χ4v) is 4.99. The summed E-state index contributed by atoms with van der Waals surface area (Å²) in [6.45, 7) is 1.22. The summed E-state index contributed by atoms with van der Waals surface area (Å²) in [4.78, 5) is 15.4. The van der Waals surface area contributed by atoms with Crippen LogP contribution in [0, 0.1) is 20.2 Å². The molecule has 0 unspecified atom stereocenters. The molecule has 7 nitrogen and oxygen atoms in total. The Labute approximate surface area is 200 Å². The van der Waals surface area contributed by atoms with Gasteiger partial charge in [-0.1, -0.05) is 0 Å². The molecule has 0 saturated carbocycles. The van der Waals surface area contributed by atoms with E-state index in [2.05, 4.69) is 15.4 Å². The van der Waals surface area contributed by atoms with Crippen molar-refractivity contribution in [1.82, 2.24) is 0 Å². The maximum absolute atomic E-state index is 13.8. The van der Waals surface area contributed by atoms with Crippen molar-refractivity contribution >= 4 is 52.5 Å². The lowest BCUT2D eigenvalue weighted by atomic mass is 10.3. The van der Waals surface area contributed by atoms with Gasteiger partial charge in [0.1, 0.15) is 0 Å². The van der Waals surface area contributed by atoms with Gasteiger partial charge in [0.25, 0.3) is 20.4 Å². The van der Waals surface area contributed by atoms with Crippen molar-refractivity contribution in [2.75, 3.05) is 6.61 Å². The number of hydrogen-bond acceptors (Lipinski definition) is 5. The minimum Gasteiger partial charge on any atom is -0.483 e. The minimum absolute atomic E-state index is 0.163. The average Bonchev–Trinajstić information content (AvgIpc) is 2.65. The van der Waals surface area contributed by atoms with Crippen molar-refractivity contribution in [2.45, 2.75) is 16.7 Å². The molecular formula is C16H14Cl2F8N2O5S2. The number of non-ortho nitro benzene ring substituents is 2. The van der Waals surface area contributed by atoms with Gasteiger partial charge in [0, 0.05) is 34.9 Å². The second kappa shape index (κ2) is 8.28. The molecule has 0 fully saturated rings. The first-order valence-electron chi connectivity index (χ1n) is 8.53. The Balaban J connectivity index is 0.000000365. The average molecular weight is 601 g/mol. The van der Waals surface area contributed by atoms with Crippen LogP contribution in [0.3, 0.4) is 0 Å². The van der Waals surface area contributed by atoms with E-state index < -0.39 is 60.5 Å². The number of nitro groups is 2. The highest BCUT2D eigenvalue weighted by Gasteiger charge is 2.64. The van der Waals surface area contributed by atoms with Crippen LogP contribution in [-0.2, 0) is 4.74 Å². The molecule has 0 radical (unpaired) electrons. The molecule has 2 aromatic carbocycles. The van der Waals surface area contributed by atoms with Crippen molar-refractivity contribution in [3.63, 3.8) is 0 Å². The van der Waals surface area contributed by atoms with E-state index in [9.17, 15) is 51.3 Å². The molecule has 0 heterocycles. The topological polar surface area (TPSA) is 95.5 Å². The van der Waals surface area contributed by atoms with Gasteiger partial charge in [-0.2, -0.15) is 0 Å². The molecule has 0 aliphatic heterocycles. The van der Waals surface area contributed by atoms with Crippen LogP contribution < -0.4 is 0 Å². The van der Waals surface area contributed by atoms with E-state index in [-0.39, 0.29) is 18.7 Å². The summed E-state index contributed by atoms with van der Waals surface area (Å²) >= 11 is 5.18. The molecule has 0 N–H and O–H groups in total. The Hall–Kier alpha value is -2.50. The number of ether oxygens (including phenoxy) is 1. The van der Waals surface area contributed by atoms with Crippen LogP contribution >= 0.6 is 41.2 Å². The van der Waals surface area contributed by atoms with Gasteiger partial charge in [-0.05, 0) is 42.8 Å². The maximum atomic E-state index is 13.8. The third-order valence-electron chi connectivity index (χ3n) is 3.64. The third kappa shape index (κ3) is 8.90. The summed E-state index contributed by atoms with van der Waals surface area (Å²) in [7, 11) is -13.6. The Morgan fingerprint density at radius 1 is 0.829 bits per heavy atom. The van der Waals surface area contributed by atoms with E-state index in [0.29, 0.717) is 36.4 Å². The second-order valence-electron chi connectivity index (χ2n) is 6.46. The van der Waals surface area contributed by atoms with Gasteiger partial charge in [-0.15, -0.1) is 31.1 Å². The van der Waals surface area contributed by atoms with Gasteiger partial charge >= 0.3 is 0 Å². The van der Waals surface area contributed by atoms with Crippen molar-refractivity contribution in [2.24, 2.45) is 0 Å². The number of halogens is 10. The van der Waals surface area contributed by atoms with Crippen molar-refractivity contribution in [3.05, 3.63) is 79.4 Å². The first kappa shape index (κ1) is 30.5. The molecule has 35 heavy (non-hydrogen) atoms. The molecule has 19 heteroatoms. The predicted molar refractivity (Wildman–Crippen MR) is 118 cm³/mol. The zero-order valence-corrected chi connectivity index (χ0v) is 20.1. The smallest absolute Gasteiger partial charge is 0.269 e. The SMILES string of the molecule is CCO/C(Cl)=C\S(F)(F)(F)(F)c1ccc([N+](=O)[O-])cc1.O=[N+]([O-])c1ccc(S(F)(F)(F)(F)Cl)cc1. The molecule has 2 aromatic rings. The lowest BCUT2D eigenvalue weighted by Crippen LogP contribution is -2.11. The molecule has 200 valence electrons. The van der Waals surface area contributed by atoms with Crippen LogP contribution in [0.2, 0.25) is 0 Å². The van der Waals surface area contributed by atoms with Crippen LogP contribution in [0.5, 0.6) is 0 Å². The first-order valence-corrected chi connectivity index (χ1v) is 13.9.